The highest BCUT2D eigenvalue weighted by Crippen LogP contribution is 2.33. The molecule has 26 heavy (non-hydrogen) atoms. The Bertz CT molecular complexity index is 652. The van der Waals surface area contributed by atoms with Gasteiger partial charge in [0.1, 0.15) is 11.6 Å². The van der Waals surface area contributed by atoms with Crippen LogP contribution >= 0.6 is 0 Å². The Labute approximate surface area is 155 Å². The Kier molecular flexibility index (Phi) is 5.23. The number of benzene rings is 1. The lowest BCUT2D eigenvalue weighted by Gasteiger charge is -2.33. The van der Waals surface area contributed by atoms with Gasteiger partial charge >= 0.3 is 6.09 Å². The zero-order valence-electron chi connectivity index (χ0n) is 15.9. The van der Waals surface area contributed by atoms with Crippen molar-refractivity contribution < 1.29 is 14.3 Å². The summed E-state index contributed by atoms with van der Waals surface area (Å²) < 4.78 is 5.60. The van der Waals surface area contributed by atoms with Crippen molar-refractivity contribution in [3.63, 3.8) is 0 Å². The number of hydrogen-bond acceptors (Lipinski definition) is 4. The molecule has 1 saturated carbocycles. The normalized spacial score (nSPS) is 24.4. The predicted molar refractivity (Wildman–Crippen MR) is 99.4 cm³/mol. The van der Waals surface area contributed by atoms with E-state index in [4.69, 9.17) is 10.5 Å². The predicted octanol–water partition coefficient (Wildman–Crippen LogP) is 2.54. The van der Waals surface area contributed by atoms with Crippen LogP contribution in [0.5, 0.6) is 0 Å². The summed E-state index contributed by atoms with van der Waals surface area (Å²) in [5.74, 6) is 0.486. The van der Waals surface area contributed by atoms with Crippen LogP contribution in [-0.4, -0.2) is 53.1 Å². The van der Waals surface area contributed by atoms with Crippen molar-refractivity contribution in [3.05, 3.63) is 35.9 Å². The molecule has 2 amide bonds. The lowest BCUT2D eigenvalue weighted by atomic mass is 10.1. The average Bonchev–Trinajstić information content (AvgIpc) is 3.39. The maximum absolute atomic E-state index is 12.9. The van der Waals surface area contributed by atoms with Crippen LogP contribution in [0.2, 0.25) is 0 Å². The van der Waals surface area contributed by atoms with Crippen molar-refractivity contribution in [1.29, 1.82) is 0 Å². The van der Waals surface area contributed by atoms with Crippen LogP contribution in [0.25, 0.3) is 0 Å². The number of ether oxygens (including phenoxy) is 1. The number of rotatable bonds is 3. The van der Waals surface area contributed by atoms with E-state index < -0.39 is 17.7 Å². The summed E-state index contributed by atoms with van der Waals surface area (Å²) in [7, 11) is 0. The third-order valence-electron chi connectivity index (χ3n) is 4.78. The summed E-state index contributed by atoms with van der Waals surface area (Å²) in [5.41, 5.74) is 6.54. The van der Waals surface area contributed by atoms with Crippen molar-refractivity contribution in [2.75, 3.05) is 19.6 Å². The topological polar surface area (TPSA) is 75.9 Å². The van der Waals surface area contributed by atoms with Crippen LogP contribution in [0.3, 0.4) is 0 Å². The van der Waals surface area contributed by atoms with Gasteiger partial charge in [-0.3, -0.25) is 9.69 Å². The molecule has 1 saturated heterocycles. The smallest absolute Gasteiger partial charge is 0.410 e. The molecule has 6 heteroatoms. The highest BCUT2D eigenvalue weighted by atomic mass is 16.6. The highest BCUT2D eigenvalue weighted by Gasteiger charge is 2.40. The van der Waals surface area contributed by atoms with Crippen LogP contribution < -0.4 is 5.73 Å². The first-order valence-corrected chi connectivity index (χ1v) is 9.33. The summed E-state index contributed by atoms with van der Waals surface area (Å²) >= 11 is 0. The van der Waals surface area contributed by atoms with Crippen LogP contribution in [0.15, 0.2) is 30.3 Å². The third kappa shape index (κ3) is 4.55. The van der Waals surface area contributed by atoms with Crippen LogP contribution in [-0.2, 0) is 9.53 Å². The van der Waals surface area contributed by atoms with Gasteiger partial charge in [-0.25, -0.2) is 4.79 Å². The van der Waals surface area contributed by atoms with E-state index in [-0.39, 0.29) is 18.5 Å². The Morgan fingerprint density at radius 3 is 2.42 bits per heavy atom. The average molecular weight is 359 g/mol. The number of carbonyl (C=O) groups is 2. The summed E-state index contributed by atoms with van der Waals surface area (Å²) in [5, 5.41) is 0. The molecule has 6 nitrogen and oxygen atoms in total. The number of carbonyl (C=O) groups excluding carboxylic acids is 2. The minimum absolute atomic E-state index is 0.0797. The van der Waals surface area contributed by atoms with Crippen LogP contribution in [0.4, 0.5) is 4.79 Å². The molecular formula is C20H29N3O3. The fourth-order valence-electron chi connectivity index (χ4n) is 3.31. The SMILES string of the molecule is CC(C)(C)OC(=O)N1C[C@@H](N)C(=O)N(CC2CC2)C[C@@H]1c1ccccc1. The van der Waals surface area contributed by atoms with E-state index >= 15 is 0 Å². The quantitative estimate of drug-likeness (QED) is 0.900. The molecule has 1 aliphatic carbocycles. The third-order valence-corrected chi connectivity index (χ3v) is 4.78. The van der Waals surface area contributed by atoms with Crippen LogP contribution in [0, 0.1) is 5.92 Å². The second-order valence-corrected chi connectivity index (χ2v) is 8.35. The van der Waals surface area contributed by atoms with E-state index in [1.54, 1.807) is 4.90 Å². The maximum atomic E-state index is 12.9. The molecule has 2 N–H and O–H groups in total. The molecule has 2 atom stereocenters. The van der Waals surface area contributed by atoms with Crippen molar-refractivity contribution in [3.8, 4) is 0 Å². The lowest BCUT2D eigenvalue weighted by molar-refractivity contribution is -0.132. The van der Waals surface area contributed by atoms with E-state index in [0.717, 1.165) is 24.9 Å². The minimum atomic E-state index is -0.727. The minimum Gasteiger partial charge on any atom is -0.444 e. The second kappa shape index (κ2) is 7.27. The van der Waals surface area contributed by atoms with Gasteiger partial charge in [0.2, 0.25) is 5.91 Å². The lowest BCUT2D eigenvalue weighted by Crippen LogP contribution is -2.47. The summed E-state index contributed by atoms with van der Waals surface area (Å²) in [4.78, 5) is 29.1. The summed E-state index contributed by atoms with van der Waals surface area (Å²) in [6.07, 6.45) is 1.89. The monoisotopic (exact) mass is 359 g/mol. The molecule has 1 aromatic carbocycles. The van der Waals surface area contributed by atoms with Gasteiger partial charge in [0.05, 0.1) is 6.04 Å². The van der Waals surface area contributed by atoms with E-state index in [1.165, 1.54) is 0 Å². The van der Waals surface area contributed by atoms with E-state index in [0.29, 0.717) is 12.5 Å². The zero-order chi connectivity index (χ0) is 18.9. The molecule has 0 spiro atoms. The fourth-order valence-corrected chi connectivity index (χ4v) is 3.31. The van der Waals surface area contributed by atoms with Crippen molar-refractivity contribution >= 4 is 12.0 Å². The molecule has 1 aromatic rings. The highest BCUT2D eigenvalue weighted by molar-refractivity contribution is 5.83. The molecule has 2 fully saturated rings. The Morgan fingerprint density at radius 2 is 1.85 bits per heavy atom. The summed E-state index contributed by atoms with van der Waals surface area (Å²) in [6.45, 7) is 6.85. The van der Waals surface area contributed by atoms with Gasteiger partial charge in [-0.1, -0.05) is 30.3 Å². The summed E-state index contributed by atoms with van der Waals surface area (Å²) in [6, 6.07) is 8.81. The number of amides is 2. The molecule has 0 bridgehead atoms. The zero-order valence-corrected chi connectivity index (χ0v) is 15.9. The van der Waals surface area contributed by atoms with Gasteiger partial charge in [-0.05, 0) is 45.1 Å². The van der Waals surface area contributed by atoms with Gasteiger partial charge < -0.3 is 15.4 Å². The molecule has 1 heterocycles. The van der Waals surface area contributed by atoms with Crippen LogP contribution in [0.1, 0.15) is 45.2 Å². The van der Waals surface area contributed by atoms with E-state index in [2.05, 4.69) is 0 Å². The Balaban J connectivity index is 1.91. The number of nitrogens with zero attached hydrogens (tertiary/aromatic N) is 2. The Morgan fingerprint density at radius 1 is 1.19 bits per heavy atom. The molecule has 3 rings (SSSR count). The van der Waals surface area contributed by atoms with Crippen molar-refractivity contribution in [2.45, 2.75) is 51.3 Å². The largest absolute Gasteiger partial charge is 0.444 e. The first-order chi connectivity index (χ1) is 12.2. The second-order valence-electron chi connectivity index (χ2n) is 8.35. The molecule has 142 valence electrons. The fraction of sp³-hybridized carbons (Fsp3) is 0.600. The first kappa shape index (κ1) is 18.7. The number of nitrogens with two attached hydrogens (primary N) is 1. The van der Waals surface area contributed by atoms with Gasteiger partial charge in [0, 0.05) is 19.6 Å². The molecule has 2 aliphatic rings. The van der Waals surface area contributed by atoms with E-state index in [1.807, 2.05) is 56.0 Å². The molecule has 0 radical (unpaired) electrons. The molecular weight excluding hydrogens is 330 g/mol. The molecule has 0 aromatic heterocycles. The first-order valence-electron chi connectivity index (χ1n) is 9.33. The standard InChI is InChI=1S/C20H29N3O3/c1-20(2,3)26-19(25)23-12-16(21)18(24)22(11-14-9-10-14)13-17(23)15-7-5-4-6-8-15/h4-8,14,16-17H,9-13,21H2,1-3H3/t16-,17-/m1/s1. The number of hydrogen-bond donors (Lipinski definition) is 1. The maximum Gasteiger partial charge on any atom is 0.410 e. The molecule has 1 aliphatic heterocycles. The van der Waals surface area contributed by atoms with Crippen molar-refractivity contribution in [2.24, 2.45) is 11.7 Å². The van der Waals surface area contributed by atoms with E-state index in [9.17, 15) is 9.59 Å². The Hall–Kier alpha value is -2.08. The molecule has 0 unspecified atom stereocenters. The van der Waals surface area contributed by atoms with Gasteiger partial charge in [-0.2, -0.15) is 0 Å². The van der Waals surface area contributed by atoms with Crippen molar-refractivity contribution in [1.82, 2.24) is 9.80 Å². The van der Waals surface area contributed by atoms with Gasteiger partial charge in [0.25, 0.3) is 0 Å². The van der Waals surface area contributed by atoms with Gasteiger partial charge in [-0.15, -0.1) is 0 Å². The van der Waals surface area contributed by atoms with Gasteiger partial charge in [0.15, 0.2) is 0 Å².